The average Bonchev–Trinajstić information content (AvgIpc) is 2.53. The fourth-order valence-electron chi connectivity index (χ4n) is 3.54. The van der Waals surface area contributed by atoms with Gasteiger partial charge in [0.05, 0.1) is 6.33 Å². The number of unbranched alkanes of at least 4 members (excludes halogenated alkanes) is 1. The van der Waals surface area contributed by atoms with Crippen LogP contribution in [0.25, 0.3) is 6.08 Å². The minimum Gasteiger partial charge on any atom is -0.216 e. The Morgan fingerprint density at radius 2 is 1.62 bits per heavy atom. The third-order valence-corrected chi connectivity index (χ3v) is 5.01. The molecule has 1 heteroatoms. The molecule has 1 aromatic carbocycles. The van der Waals surface area contributed by atoms with Gasteiger partial charge in [0.15, 0.2) is 0 Å². The van der Waals surface area contributed by atoms with Crippen LogP contribution in [0.5, 0.6) is 0 Å². The highest BCUT2D eigenvalue weighted by molar-refractivity contribution is 5.48. The van der Waals surface area contributed by atoms with Crippen LogP contribution in [0.15, 0.2) is 30.6 Å². The van der Waals surface area contributed by atoms with Gasteiger partial charge in [0.25, 0.3) is 0 Å². The number of aryl methyl sites for hydroxylation is 1. The molecule has 0 radical (unpaired) electrons. The highest BCUT2D eigenvalue weighted by Crippen LogP contribution is 2.34. The first-order chi connectivity index (χ1) is 10.3. The van der Waals surface area contributed by atoms with Gasteiger partial charge in [-0.3, -0.25) is 0 Å². The number of rotatable bonds is 7. The van der Waals surface area contributed by atoms with Crippen LogP contribution < -0.4 is 0 Å². The molecule has 0 N–H and O–H groups in total. The second kappa shape index (κ2) is 9.02. The van der Waals surface area contributed by atoms with Crippen molar-refractivity contribution >= 4 is 6.08 Å². The molecular formula is C20H29F. The summed E-state index contributed by atoms with van der Waals surface area (Å²) in [4.78, 5) is 0. The fraction of sp³-hybridized carbons (Fsp3) is 0.600. The zero-order valence-electron chi connectivity index (χ0n) is 13.4. The first-order valence-corrected chi connectivity index (χ1v) is 8.67. The van der Waals surface area contributed by atoms with E-state index in [2.05, 4.69) is 19.1 Å². The molecule has 1 saturated carbocycles. The molecule has 1 aromatic rings. The minimum atomic E-state index is 0.603. The number of halogens is 1. The molecule has 2 rings (SSSR count). The largest absolute Gasteiger partial charge is 0.216 e. The Morgan fingerprint density at radius 3 is 2.19 bits per heavy atom. The molecule has 0 unspecified atom stereocenters. The van der Waals surface area contributed by atoms with E-state index in [1.807, 2.05) is 12.1 Å². The Labute approximate surface area is 129 Å². The van der Waals surface area contributed by atoms with Gasteiger partial charge in [-0.15, -0.1) is 0 Å². The van der Waals surface area contributed by atoms with Gasteiger partial charge in [-0.2, -0.15) is 0 Å². The van der Waals surface area contributed by atoms with Crippen molar-refractivity contribution in [3.05, 3.63) is 41.7 Å². The zero-order chi connectivity index (χ0) is 14.9. The minimum absolute atomic E-state index is 0.603. The van der Waals surface area contributed by atoms with Crippen molar-refractivity contribution in [2.24, 2.45) is 11.8 Å². The molecule has 0 spiro atoms. The maximum atomic E-state index is 12.1. The summed E-state index contributed by atoms with van der Waals surface area (Å²) in [6, 6.07) is 8.30. The van der Waals surface area contributed by atoms with Gasteiger partial charge < -0.3 is 0 Å². The maximum Gasteiger partial charge on any atom is 0.0872 e. The van der Waals surface area contributed by atoms with Crippen molar-refractivity contribution in [1.29, 1.82) is 0 Å². The van der Waals surface area contributed by atoms with E-state index in [9.17, 15) is 4.39 Å². The van der Waals surface area contributed by atoms with E-state index in [0.29, 0.717) is 6.33 Å². The summed E-state index contributed by atoms with van der Waals surface area (Å²) >= 11 is 0. The summed E-state index contributed by atoms with van der Waals surface area (Å²) in [6.45, 7) is 2.29. The Morgan fingerprint density at radius 1 is 1.00 bits per heavy atom. The van der Waals surface area contributed by atoms with Crippen LogP contribution in [0.4, 0.5) is 4.39 Å². The molecule has 116 valence electrons. The molecule has 0 amide bonds. The first kappa shape index (κ1) is 16.3. The van der Waals surface area contributed by atoms with Crippen LogP contribution in [-0.4, -0.2) is 0 Å². The summed E-state index contributed by atoms with van der Waals surface area (Å²) in [5, 5.41) is 0. The summed E-state index contributed by atoms with van der Waals surface area (Å²) in [5.74, 6) is 1.93. The Hall–Kier alpha value is -1.11. The number of benzene rings is 1. The van der Waals surface area contributed by atoms with E-state index in [4.69, 9.17) is 0 Å². The molecule has 1 fully saturated rings. The molecule has 1 aliphatic carbocycles. The molecule has 0 aliphatic heterocycles. The van der Waals surface area contributed by atoms with Gasteiger partial charge in [-0.25, -0.2) is 4.39 Å². The second-order valence-corrected chi connectivity index (χ2v) is 6.60. The predicted octanol–water partition coefficient (Wildman–Crippen LogP) is 6.56. The van der Waals surface area contributed by atoms with E-state index in [-0.39, 0.29) is 0 Å². The average molecular weight is 288 g/mol. The molecule has 0 nitrogen and oxygen atoms in total. The monoisotopic (exact) mass is 288 g/mol. The molecule has 0 saturated heterocycles. The summed E-state index contributed by atoms with van der Waals surface area (Å²) in [6.07, 6.45) is 14.6. The van der Waals surface area contributed by atoms with Crippen molar-refractivity contribution in [3.8, 4) is 0 Å². The highest BCUT2D eigenvalue weighted by Gasteiger charge is 2.20. The quantitative estimate of drug-likeness (QED) is 0.533. The van der Waals surface area contributed by atoms with Gasteiger partial charge in [-0.05, 0) is 41.9 Å². The van der Waals surface area contributed by atoms with Gasteiger partial charge in [0, 0.05) is 0 Å². The molecule has 1 aliphatic rings. The SMILES string of the molecule is CCCCC1CCC(CCc2ccc(C=CF)cc2)CC1. The normalized spacial score (nSPS) is 22.8. The summed E-state index contributed by atoms with van der Waals surface area (Å²) in [7, 11) is 0. The van der Waals surface area contributed by atoms with Gasteiger partial charge in [0.1, 0.15) is 0 Å². The third-order valence-electron chi connectivity index (χ3n) is 5.01. The van der Waals surface area contributed by atoms with Crippen molar-refractivity contribution in [1.82, 2.24) is 0 Å². The lowest BCUT2D eigenvalue weighted by Gasteiger charge is -2.28. The van der Waals surface area contributed by atoms with Crippen LogP contribution in [-0.2, 0) is 6.42 Å². The maximum absolute atomic E-state index is 12.1. The standard InChI is InChI=1S/C20H29F/c1-2-3-4-17-5-7-18(8-6-17)9-10-19-11-13-20(14-12-19)15-16-21/h11-18H,2-10H2,1H3. The molecule has 0 aromatic heterocycles. The van der Waals surface area contributed by atoms with Gasteiger partial charge in [0.2, 0.25) is 0 Å². The molecule has 0 heterocycles. The Kier molecular flexibility index (Phi) is 6.99. The van der Waals surface area contributed by atoms with Crippen molar-refractivity contribution < 1.29 is 4.39 Å². The summed E-state index contributed by atoms with van der Waals surface area (Å²) in [5.41, 5.74) is 2.33. The van der Waals surface area contributed by atoms with Crippen LogP contribution in [0, 0.1) is 11.8 Å². The van der Waals surface area contributed by atoms with Gasteiger partial charge in [-0.1, -0.05) is 76.1 Å². The van der Waals surface area contributed by atoms with Crippen LogP contribution >= 0.6 is 0 Å². The predicted molar refractivity (Wildman–Crippen MR) is 89.9 cm³/mol. The topological polar surface area (TPSA) is 0 Å². The van der Waals surface area contributed by atoms with E-state index in [1.54, 1.807) is 0 Å². The molecule has 0 bridgehead atoms. The molecular weight excluding hydrogens is 259 g/mol. The Bertz CT molecular complexity index is 410. The molecule has 21 heavy (non-hydrogen) atoms. The van der Waals surface area contributed by atoms with Crippen LogP contribution in [0.3, 0.4) is 0 Å². The number of hydrogen-bond acceptors (Lipinski definition) is 0. The lowest BCUT2D eigenvalue weighted by molar-refractivity contribution is 0.250. The van der Waals surface area contributed by atoms with E-state index >= 15 is 0 Å². The lowest BCUT2D eigenvalue weighted by atomic mass is 9.78. The van der Waals surface area contributed by atoms with Crippen molar-refractivity contribution in [2.45, 2.75) is 64.7 Å². The van der Waals surface area contributed by atoms with Crippen molar-refractivity contribution in [3.63, 3.8) is 0 Å². The smallest absolute Gasteiger partial charge is 0.0872 e. The summed E-state index contributed by atoms with van der Waals surface area (Å²) < 4.78 is 12.1. The number of hydrogen-bond donors (Lipinski definition) is 0. The Balaban J connectivity index is 1.69. The highest BCUT2D eigenvalue weighted by atomic mass is 19.1. The van der Waals surface area contributed by atoms with E-state index < -0.39 is 0 Å². The first-order valence-electron chi connectivity index (χ1n) is 8.67. The molecule has 0 atom stereocenters. The zero-order valence-corrected chi connectivity index (χ0v) is 13.4. The van der Waals surface area contributed by atoms with E-state index in [1.165, 1.54) is 69.4 Å². The van der Waals surface area contributed by atoms with Gasteiger partial charge >= 0.3 is 0 Å². The third kappa shape index (κ3) is 5.65. The lowest BCUT2D eigenvalue weighted by Crippen LogP contribution is -2.15. The van der Waals surface area contributed by atoms with Crippen LogP contribution in [0.1, 0.15) is 69.4 Å². The van der Waals surface area contributed by atoms with E-state index in [0.717, 1.165) is 17.4 Å². The second-order valence-electron chi connectivity index (χ2n) is 6.60. The fourth-order valence-corrected chi connectivity index (χ4v) is 3.54. The van der Waals surface area contributed by atoms with Crippen LogP contribution in [0.2, 0.25) is 0 Å². The van der Waals surface area contributed by atoms with Crippen molar-refractivity contribution in [2.75, 3.05) is 0 Å².